The van der Waals surface area contributed by atoms with Crippen molar-refractivity contribution in [1.82, 2.24) is 9.88 Å². The van der Waals surface area contributed by atoms with E-state index in [2.05, 4.69) is 30.8 Å². The molecule has 1 heterocycles. The fourth-order valence-corrected chi connectivity index (χ4v) is 1.96. The summed E-state index contributed by atoms with van der Waals surface area (Å²) in [5.41, 5.74) is 6.81. The normalized spacial score (nSPS) is 14.8. The summed E-state index contributed by atoms with van der Waals surface area (Å²) >= 11 is 0. The van der Waals surface area contributed by atoms with E-state index in [0.29, 0.717) is 6.04 Å². The zero-order valence-electron chi connectivity index (χ0n) is 11.6. The second kappa shape index (κ2) is 7.44. The number of aromatic nitrogens is 1. The largest absolute Gasteiger partial charge is 0.323 e. The van der Waals surface area contributed by atoms with Gasteiger partial charge in [0, 0.05) is 12.1 Å². The lowest BCUT2D eigenvalue weighted by Gasteiger charge is -2.25. The molecule has 0 saturated carbocycles. The van der Waals surface area contributed by atoms with E-state index in [-0.39, 0.29) is 11.9 Å². The lowest BCUT2D eigenvalue weighted by molar-refractivity contribution is 0.236. The molecule has 0 aliphatic heterocycles. The zero-order chi connectivity index (χ0) is 13.5. The van der Waals surface area contributed by atoms with Gasteiger partial charge in [0.2, 0.25) is 0 Å². The first kappa shape index (κ1) is 15.1. The van der Waals surface area contributed by atoms with Crippen LogP contribution in [0.15, 0.2) is 18.3 Å². The van der Waals surface area contributed by atoms with Gasteiger partial charge in [-0.3, -0.25) is 4.98 Å². The van der Waals surface area contributed by atoms with E-state index < -0.39 is 0 Å². The highest BCUT2D eigenvalue weighted by Gasteiger charge is 2.12. The Balaban J connectivity index is 2.41. The number of hydrogen-bond acceptors (Lipinski definition) is 3. The summed E-state index contributed by atoms with van der Waals surface area (Å²) in [6.45, 7) is 5.35. The van der Waals surface area contributed by atoms with Crippen LogP contribution in [-0.2, 0) is 0 Å². The molecule has 0 aliphatic rings. The monoisotopic (exact) mass is 253 g/mol. The SMILES string of the molecule is CCCC(C)N(C)CCC(N)c1ccc(F)cn1. The van der Waals surface area contributed by atoms with Gasteiger partial charge in [-0.05, 0) is 45.5 Å². The summed E-state index contributed by atoms with van der Waals surface area (Å²) in [5, 5.41) is 0. The van der Waals surface area contributed by atoms with Crippen molar-refractivity contribution in [2.45, 2.75) is 45.2 Å². The molecule has 0 fully saturated rings. The fraction of sp³-hybridized carbons (Fsp3) is 0.643. The molecule has 1 aromatic rings. The minimum absolute atomic E-state index is 0.123. The van der Waals surface area contributed by atoms with Gasteiger partial charge in [-0.25, -0.2) is 4.39 Å². The van der Waals surface area contributed by atoms with Crippen LogP contribution in [0.1, 0.15) is 44.8 Å². The third-order valence-electron chi connectivity index (χ3n) is 3.38. The highest BCUT2D eigenvalue weighted by molar-refractivity contribution is 5.09. The second-order valence-corrected chi connectivity index (χ2v) is 4.91. The van der Waals surface area contributed by atoms with Crippen LogP contribution in [0.5, 0.6) is 0 Å². The topological polar surface area (TPSA) is 42.1 Å². The van der Waals surface area contributed by atoms with Gasteiger partial charge in [0.15, 0.2) is 0 Å². The van der Waals surface area contributed by atoms with Gasteiger partial charge in [0.1, 0.15) is 5.82 Å². The van der Waals surface area contributed by atoms with Gasteiger partial charge in [-0.2, -0.15) is 0 Å². The molecule has 2 N–H and O–H groups in total. The molecular weight excluding hydrogens is 229 g/mol. The molecule has 4 heteroatoms. The summed E-state index contributed by atoms with van der Waals surface area (Å²) in [6, 6.07) is 3.52. The lowest BCUT2D eigenvalue weighted by Crippen LogP contribution is -2.31. The van der Waals surface area contributed by atoms with Gasteiger partial charge in [-0.15, -0.1) is 0 Å². The highest BCUT2D eigenvalue weighted by Crippen LogP contribution is 2.13. The Bertz CT molecular complexity index is 339. The third kappa shape index (κ3) is 4.70. The average Bonchev–Trinajstić information content (AvgIpc) is 2.36. The van der Waals surface area contributed by atoms with Crippen LogP contribution in [0.2, 0.25) is 0 Å². The Labute approximate surface area is 109 Å². The Morgan fingerprint density at radius 1 is 1.39 bits per heavy atom. The maximum Gasteiger partial charge on any atom is 0.141 e. The van der Waals surface area contributed by atoms with Crippen molar-refractivity contribution < 1.29 is 4.39 Å². The first-order valence-electron chi connectivity index (χ1n) is 6.61. The quantitative estimate of drug-likeness (QED) is 0.812. The van der Waals surface area contributed by atoms with Gasteiger partial charge >= 0.3 is 0 Å². The zero-order valence-corrected chi connectivity index (χ0v) is 11.6. The molecule has 3 nitrogen and oxygen atoms in total. The summed E-state index contributed by atoms with van der Waals surface area (Å²) in [4.78, 5) is 6.33. The standard InChI is InChI=1S/C14H24FN3/c1-4-5-11(2)18(3)9-8-13(16)14-7-6-12(15)10-17-14/h6-7,10-11,13H,4-5,8-9,16H2,1-3H3. The molecule has 0 bridgehead atoms. The average molecular weight is 253 g/mol. The molecule has 0 radical (unpaired) electrons. The van der Waals surface area contributed by atoms with Crippen LogP contribution < -0.4 is 5.73 Å². The molecule has 1 aromatic heterocycles. The van der Waals surface area contributed by atoms with Crippen LogP contribution >= 0.6 is 0 Å². The number of rotatable bonds is 7. The Morgan fingerprint density at radius 2 is 2.11 bits per heavy atom. The van der Waals surface area contributed by atoms with Crippen molar-refractivity contribution >= 4 is 0 Å². The smallest absolute Gasteiger partial charge is 0.141 e. The summed E-state index contributed by atoms with van der Waals surface area (Å²) in [5.74, 6) is -0.320. The van der Waals surface area contributed by atoms with Gasteiger partial charge in [0.25, 0.3) is 0 Å². The van der Waals surface area contributed by atoms with Crippen LogP contribution in [0, 0.1) is 5.82 Å². The molecule has 0 spiro atoms. The van der Waals surface area contributed by atoms with Crippen LogP contribution in [-0.4, -0.2) is 29.5 Å². The minimum atomic E-state index is -0.320. The fourth-order valence-electron chi connectivity index (χ4n) is 1.96. The summed E-state index contributed by atoms with van der Waals surface area (Å²) in [7, 11) is 2.12. The van der Waals surface area contributed by atoms with Crippen LogP contribution in [0.3, 0.4) is 0 Å². The van der Waals surface area contributed by atoms with Crippen LogP contribution in [0.4, 0.5) is 4.39 Å². The number of nitrogens with zero attached hydrogens (tertiary/aromatic N) is 2. The number of halogens is 1. The molecule has 102 valence electrons. The molecule has 0 aromatic carbocycles. The maximum atomic E-state index is 12.7. The highest BCUT2D eigenvalue weighted by atomic mass is 19.1. The maximum absolute atomic E-state index is 12.7. The molecule has 2 atom stereocenters. The van der Waals surface area contributed by atoms with E-state index in [1.165, 1.54) is 25.1 Å². The molecule has 0 amide bonds. The van der Waals surface area contributed by atoms with Crippen molar-refractivity contribution in [3.05, 3.63) is 29.8 Å². The van der Waals surface area contributed by atoms with Gasteiger partial charge in [0.05, 0.1) is 11.9 Å². The van der Waals surface area contributed by atoms with Gasteiger partial charge < -0.3 is 10.6 Å². The molecule has 0 saturated heterocycles. The van der Waals surface area contributed by atoms with E-state index in [1.807, 2.05) is 0 Å². The molecule has 18 heavy (non-hydrogen) atoms. The van der Waals surface area contributed by atoms with Crippen molar-refractivity contribution in [1.29, 1.82) is 0 Å². The van der Waals surface area contributed by atoms with Crippen molar-refractivity contribution in [3.63, 3.8) is 0 Å². The van der Waals surface area contributed by atoms with E-state index >= 15 is 0 Å². The predicted octanol–water partition coefficient (Wildman–Crippen LogP) is 2.73. The van der Waals surface area contributed by atoms with Crippen LogP contribution in [0.25, 0.3) is 0 Å². The van der Waals surface area contributed by atoms with E-state index in [1.54, 1.807) is 6.07 Å². The van der Waals surface area contributed by atoms with E-state index in [9.17, 15) is 4.39 Å². The molecule has 2 unspecified atom stereocenters. The van der Waals surface area contributed by atoms with Crippen molar-refractivity contribution in [3.8, 4) is 0 Å². The number of pyridine rings is 1. The Morgan fingerprint density at radius 3 is 2.67 bits per heavy atom. The first-order valence-corrected chi connectivity index (χ1v) is 6.61. The summed E-state index contributed by atoms with van der Waals surface area (Å²) < 4.78 is 12.7. The Hall–Kier alpha value is -1.00. The molecule has 1 rings (SSSR count). The summed E-state index contributed by atoms with van der Waals surface area (Å²) in [6.07, 6.45) is 4.44. The second-order valence-electron chi connectivity index (χ2n) is 4.91. The first-order chi connectivity index (χ1) is 8.54. The lowest BCUT2D eigenvalue weighted by atomic mass is 10.1. The van der Waals surface area contributed by atoms with Crippen molar-refractivity contribution in [2.75, 3.05) is 13.6 Å². The minimum Gasteiger partial charge on any atom is -0.323 e. The third-order valence-corrected chi connectivity index (χ3v) is 3.38. The number of nitrogens with two attached hydrogens (primary N) is 1. The van der Waals surface area contributed by atoms with Gasteiger partial charge in [-0.1, -0.05) is 13.3 Å². The molecular formula is C14H24FN3. The number of hydrogen-bond donors (Lipinski definition) is 1. The van der Waals surface area contributed by atoms with E-state index in [0.717, 1.165) is 18.7 Å². The van der Waals surface area contributed by atoms with Crippen molar-refractivity contribution in [2.24, 2.45) is 5.73 Å². The predicted molar refractivity (Wildman–Crippen MR) is 72.7 cm³/mol. The Kier molecular flexibility index (Phi) is 6.22. The van der Waals surface area contributed by atoms with E-state index in [4.69, 9.17) is 5.73 Å². The molecule has 0 aliphatic carbocycles.